The Balaban J connectivity index is 2.19. The van der Waals surface area contributed by atoms with Gasteiger partial charge in [-0.05, 0) is 31.9 Å². The number of nitro benzene ring substituents is 1. The van der Waals surface area contributed by atoms with Crippen LogP contribution in [-0.2, 0) is 4.79 Å². The third-order valence-corrected chi connectivity index (χ3v) is 4.08. The fraction of sp³-hybridized carbons (Fsp3) is 0.467. The lowest BCUT2D eigenvalue weighted by molar-refractivity contribution is -0.385. The average molecular weight is 306 g/mol. The smallest absolute Gasteiger partial charge is 0.305 e. The first-order valence-corrected chi connectivity index (χ1v) is 7.12. The van der Waals surface area contributed by atoms with E-state index in [1.54, 1.807) is 6.92 Å². The number of amides is 1. The van der Waals surface area contributed by atoms with Crippen LogP contribution >= 0.6 is 0 Å². The average Bonchev–Trinajstić information content (AvgIpc) is 2.85. The monoisotopic (exact) mass is 306 g/mol. The fourth-order valence-corrected chi connectivity index (χ4v) is 3.00. The number of carbonyl (C=O) groups is 2. The molecule has 0 heterocycles. The summed E-state index contributed by atoms with van der Waals surface area (Å²) in [5.41, 5.74) is -0.0488. The number of nitro groups is 1. The van der Waals surface area contributed by atoms with Crippen LogP contribution in [-0.4, -0.2) is 27.4 Å². The molecule has 0 atom stereocenters. The van der Waals surface area contributed by atoms with E-state index >= 15 is 0 Å². The summed E-state index contributed by atoms with van der Waals surface area (Å²) in [5.74, 6) is -1.33. The van der Waals surface area contributed by atoms with Crippen molar-refractivity contribution >= 4 is 17.6 Å². The first-order chi connectivity index (χ1) is 10.3. The molecular weight excluding hydrogens is 288 g/mol. The molecule has 0 aliphatic heterocycles. The summed E-state index contributed by atoms with van der Waals surface area (Å²) in [6.07, 6.45) is 2.93. The maximum atomic E-state index is 12.3. The molecule has 1 aromatic carbocycles. The van der Waals surface area contributed by atoms with Gasteiger partial charge in [-0.3, -0.25) is 19.7 Å². The molecule has 22 heavy (non-hydrogen) atoms. The van der Waals surface area contributed by atoms with Crippen LogP contribution in [0.5, 0.6) is 0 Å². The van der Waals surface area contributed by atoms with Crippen LogP contribution in [0.25, 0.3) is 0 Å². The molecule has 0 radical (unpaired) electrons. The standard InChI is InChI=1S/C15H18N2O5/c1-10-8-11(4-5-12(10)17(21)22)14(20)16-15(9-13(18)19)6-2-3-7-15/h4-5,8H,2-3,6-7,9H2,1H3,(H,16,20)(H,18,19). The van der Waals surface area contributed by atoms with Gasteiger partial charge >= 0.3 is 5.97 Å². The summed E-state index contributed by atoms with van der Waals surface area (Å²) in [5, 5.41) is 22.7. The number of aryl methyl sites for hydroxylation is 1. The largest absolute Gasteiger partial charge is 0.481 e. The lowest BCUT2D eigenvalue weighted by atomic mass is 9.92. The third-order valence-electron chi connectivity index (χ3n) is 4.08. The number of aliphatic carboxylic acids is 1. The molecule has 0 aromatic heterocycles. The van der Waals surface area contributed by atoms with Gasteiger partial charge in [0, 0.05) is 17.2 Å². The molecule has 0 saturated heterocycles. The van der Waals surface area contributed by atoms with Crippen molar-refractivity contribution in [2.24, 2.45) is 0 Å². The number of carbonyl (C=O) groups excluding carboxylic acids is 1. The molecule has 7 heteroatoms. The van der Waals surface area contributed by atoms with Gasteiger partial charge in [-0.25, -0.2) is 0 Å². The van der Waals surface area contributed by atoms with E-state index in [1.165, 1.54) is 18.2 Å². The lowest BCUT2D eigenvalue weighted by Crippen LogP contribution is -2.47. The summed E-state index contributed by atoms with van der Waals surface area (Å²) in [7, 11) is 0. The third kappa shape index (κ3) is 3.41. The van der Waals surface area contributed by atoms with Crippen molar-refractivity contribution < 1.29 is 19.6 Å². The van der Waals surface area contributed by atoms with Crippen LogP contribution in [0.15, 0.2) is 18.2 Å². The quantitative estimate of drug-likeness (QED) is 0.641. The van der Waals surface area contributed by atoms with Gasteiger partial charge in [-0.2, -0.15) is 0 Å². The Hall–Kier alpha value is -2.44. The van der Waals surface area contributed by atoms with E-state index < -0.39 is 16.4 Å². The highest BCUT2D eigenvalue weighted by Gasteiger charge is 2.37. The summed E-state index contributed by atoms with van der Waals surface area (Å²) in [6, 6.07) is 4.14. The predicted octanol–water partition coefficient (Wildman–Crippen LogP) is 2.42. The number of nitrogens with one attached hydrogen (secondary N) is 1. The highest BCUT2D eigenvalue weighted by atomic mass is 16.6. The number of nitrogens with zero attached hydrogens (tertiary/aromatic N) is 1. The zero-order chi connectivity index (χ0) is 16.3. The molecule has 118 valence electrons. The molecule has 1 saturated carbocycles. The minimum Gasteiger partial charge on any atom is -0.481 e. The van der Waals surface area contributed by atoms with Crippen molar-refractivity contribution in [2.45, 2.75) is 44.6 Å². The summed E-state index contributed by atoms with van der Waals surface area (Å²) in [4.78, 5) is 33.7. The normalized spacial score (nSPS) is 16.2. The second kappa shape index (κ2) is 6.13. The Morgan fingerprint density at radius 2 is 2.00 bits per heavy atom. The summed E-state index contributed by atoms with van der Waals surface area (Å²) >= 11 is 0. The van der Waals surface area contributed by atoms with Crippen LogP contribution < -0.4 is 5.32 Å². The van der Waals surface area contributed by atoms with Crippen LogP contribution in [0.1, 0.15) is 48.0 Å². The van der Waals surface area contributed by atoms with E-state index in [4.69, 9.17) is 5.11 Å². The molecule has 2 rings (SSSR count). The molecule has 0 unspecified atom stereocenters. The van der Waals surface area contributed by atoms with Crippen LogP contribution in [0.2, 0.25) is 0 Å². The van der Waals surface area contributed by atoms with E-state index in [9.17, 15) is 19.7 Å². The Morgan fingerprint density at radius 1 is 1.36 bits per heavy atom. The van der Waals surface area contributed by atoms with Crippen LogP contribution in [0.4, 0.5) is 5.69 Å². The molecule has 1 aromatic rings. The molecule has 1 fully saturated rings. The number of hydrogen-bond acceptors (Lipinski definition) is 4. The van der Waals surface area contributed by atoms with Crippen molar-refractivity contribution in [3.63, 3.8) is 0 Å². The Morgan fingerprint density at radius 3 is 2.50 bits per heavy atom. The molecule has 2 N–H and O–H groups in total. The fourth-order valence-electron chi connectivity index (χ4n) is 3.00. The Labute approximate surface area is 127 Å². The molecule has 0 bridgehead atoms. The van der Waals surface area contributed by atoms with Crippen LogP contribution in [0.3, 0.4) is 0 Å². The molecular formula is C15H18N2O5. The van der Waals surface area contributed by atoms with Crippen molar-refractivity contribution in [1.29, 1.82) is 0 Å². The molecule has 1 aliphatic carbocycles. The topological polar surface area (TPSA) is 110 Å². The predicted molar refractivity (Wildman–Crippen MR) is 78.8 cm³/mol. The highest BCUT2D eigenvalue weighted by molar-refractivity contribution is 5.95. The second-order valence-electron chi connectivity index (χ2n) is 5.77. The highest BCUT2D eigenvalue weighted by Crippen LogP contribution is 2.33. The van der Waals surface area contributed by atoms with E-state index in [0.717, 1.165) is 12.8 Å². The summed E-state index contributed by atoms with van der Waals surface area (Å²) in [6.45, 7) is 1.57. The van der Waals surface area contributed by atoms with Crippen molar-refractivity contribution in [1.82, 2.24) is 5.32 Å². The van der Waals surface area contributed by atoms with E-state index in [0.29, 0.717) is 24.0 Å². The van der Waals surface area contributed by atoms with E-state index in [-0.39, 0.29) is 18.0 Å². The van der Waals surface area contributed by atoms with Crippen molar-refractivity contribution in [3.05, 3.63) is 39.4 Å². The number of carboxylic acids is 1. The Bertz CT molecular complexity index is 620. The maximum absolute atomic E-state index is 12.3. The van der Waals surface area contributed by atoms with Gasteiger partial charge in [-0.15, -0.1) is 0 Å². The van der Waals surface area contributed by atoms with Gasteiger partial charge in [0.2, 0.25) is 0 Å². The number of rotatable bonds is 5. The molecule has 0 spiro atoms. The maximum Gasteiger partial charge on any atom is 0.305 e. The van der Waals surface area contributed by atoms with E-state index in [2.05, 4.69) is 5.32 Å². The van der Waals surface area contributed by atoms with Gasteiger partial charge in [0.05, 0.1) is 16.9 Å². The molecule has 1 aliphatic rings. The van der Waals surface area contributed by atoms with Gasteiger partial charge in [0.25, 0.3) is 11.6 Å². The first-order valence-electron chi connectivity index (χ1n) is 7.12. The summed E-state index contributed by atoms with van der Waals surface area (Å²) < 4.78 is 0. The first kappa shape index (κ1) is 15.9. The minimum absolute atomic E-state index is 0.0438. The van der Waals surface area contributed by atoms with Crippen molar-refractivity contribution in [3.8, 4) is 0 Å². The number of hydrogen-bond donors (Lipinski definition) is 2. The van der Waals surface area contributed by atoms with Gasteiger partial charge in [-0.1, -0.05) is 12.8 Å². The zero-order valence-corrected chi connectivity index (χ0v) is 12.3. The number of carboxylic acid groups (broad SMARTS) is 1. The molecule has 1 amide bonds. The van der Waals surface area contributed by atoms with Crippen molar-refractivity contribution in [2.75, 3.05) is 0 Å². The SMILES string of the molecule is Cc1cc(C(=O)NC2(CC(=O)O)CCCC2)ccc1[N+](=O)[O-]. The Kier molecular flexibility index (Phi) is 4.44. The molecule has 7 nitrogen and oxygen atoms in total. The lowest BCUT2D eigenvalue weighted by Gasteiger charge is -2.28. The zero-order valence-electron chi connectivity index (χ0n) is 12.3. The van der Waals surface area contributed by atoms with Gasteiger partial charge in [0.15, 0.2) is 0 Å². The minimum atomic E-state index is -0.943. The van der Waals surface area contributed by atoms with Gasteiger partial charge in [0.1, 0.15) is 0 Å². The second-order valence-corrected chi connectivity index (χ2v) is 5.77. The number of benzene rings is 1. The van der Waals surface area contributed by atoms with Crippen LogP contribution in [0, 0.1) is 17.0 Å². The van der Waals surface area contributed by atoms with E-state index in [1.807, 2.05) is 0 Å². The van der Waals surface area contributed by atoms with Gasteiger partial charge < -0.3 is 10.4 Å².